The van der Waals surface area contributed by atoms with Gasteiger partial charge in [0.15, 0.2) is 5.58 Å². The molecule has 0 radical (unpaired) electrons. The van der Waals surface area contributed by atoms with Crippen LogP contribution in [0.4, 0.5) is 34.1 Å². The molecule has 22 aromatic rings. The molecule has 23 rings (SSSR count). The van der Waals surface area contributed by atoms with Gasteiger partial charge in [0, 0.05) is 88.3 Å². The van der Waals surface area contributed by atoms with Gasteiger partial charge in [-0.05, 0) is 240 Å². The summed E-state index contributed by atoms with van der Waals surface area (Å²) in [5.41, 5.74) is 30.7. The van der Waals surface area contributed by atoms with Gasteiger partial charge in [0.25, 0.3) is 0 Å². The smallest absolute Gasteiger partial charge is 0.159 e. The molecule has 6 heteroatoms. The lowest BCUT2D eigenvalue weighted by atomic mass is 9.82. The van der Waals surface area contributed by atoms with Crippen molar-refractivity contribution in [2.45, 2.75) is 19.3 Å². The fourth-order valence-electron chi connectivity index (χ4n) is 18.6. The lowest BCUT2D eigenvalue weighted by Gasteiger charge is -2.28. The molecular formula is C107H70N4O2. The fourth-order valence-corrected chi connectivity index (χ4v) is 18.6. The predicted octanol–water partition coefficient (Wildman–Crippen LogP) is 29.9. The van der Waals surface area contributed by atoms with Gasteiger partial charge in [-0.1, -0.05) is 250 Å². The Morgan fingerprint density at radius 3 is 1.40 bits per heavy atom. The van der Waals surface area contributed by atoms with Crippen LogP contribution in [-0.2, 0) is 5.41 Å². The van der Waals surface area contributed by atoms with Crippen LogP contribution in [0.15, 0.2) is 397 Å². The number of furan rings is 2. The maximum absolute atomic E-state index is 6.86. The van der Waals surface area contributed by atoms with Crippen molar-refractivity contribution in [3.8, 4) is 67.0 Å². The van der Waals surface area contributed by atoms with Gasteiger partial charge in [-0.2, -0.15) is 0 Å². The number of aromatic nitrogens is 2. The Balaban J connectivity index is 0.569. The molecule has 0 saturated carbocycles. The first kappa shape index (κ1) is 64.3. The van der Waals surface area contributed by atoms with Gasteiger partial charge in [-0.3, -0.25) is 0 Å². The van der Waals surface area contributed by atoms with Crippen LogP contribution in [0.3, 0.4) is 0 Å². The van der Waals surface area contributed by atoms with Crippen molar-refractivity contribution in [2.75, 3.05) is 9.80 Å². The minimum absolute atomic E-state index is 0.307. The summed E-state index contributed by atoms with van der Waals surface area (Å²) in [5, 5.41) is 14.1. The van der Waals surface area contributed by atoms with Crippen LogP contribution in [0.1, 0.15) is 25.0 Å². The van der Waals surface area contributed by atoms with E-state index in [4.69, 9.17) is 8.83 Å². The molecule has 4 heterocycles. The second kappa shape index (κ2) is 25.2. The molecule has 0 fully saturated rings. The Hall–Kier alpha value is -14.7. The van der Waals surface area contributed by atoms with Crippen molar-refractivity contribution in [2.24, 2.45) is 0 Å². The molecule has 113 heavy (non-hydrogen) atoms. The molecule has 530 valence electrons. The van der Waals surface area contributed by atoms with Crippen molar-refractivity contribution in [3.05, 3.63) is 399 Å². The molecule has 1 aliphatic rings. The summed E-state index contributed by atoms with van der Waals surface area (Å²) in [7, 11) is 0. The zero-order valence-electron chi connectivity index (χ0n) is 62.1. The molecule has 4 aromatic heterocycles. The highest BCUT2D eigenvalue weighted by Gasteiger charge is 2.37. The summed E-state index contributed by atoms with van der Waals surface area (Å²) in [4.78, 5) is 4.76. The molecule has 6 nitrogen and oxygen atoms in total. The Labute approximate surface area is 652 Å². The van der Waals surface area contributed by atoms with E-state index in [0.29, 0.717) is 0 Å². The van der Waals surface area contributed by atoms with E-state index in [9.17, 15) is 0 Å². The molecule has 0 spiro atoms. The number of hydrogen-bond acceptors (Lipinski definition) is 4. The number of nitrogens with zero attached hydrogens (tertiary/aromatic N) is 4. The van der Waals surface area contributed by atoms with Crippen LogP contribution < -0.4 is 9.80 Å². The number of para-hydroxylation sites is 6. The quantitative estimate of drug-likeness (QED) is 0.122. The standard InChI is InChI=1S/C107H70N4O2/c1-107(2)96-65-80(52-57-86(96)87-58-53-81(66-97(87)107)111-98-32-12-8-25-88(98)89-26-9-13-33-99(89)111)109(102-35-18-31-93-91-28-11-15-36-103(91)113-106(93)102)78-50-41-70(42-51-78)84-30-17-21-74-61-71(43-55-85(74)84)73-44-56-92-95-64-79(54-60-104(95)112-105(92)63-73)108(77-48-39-69(40-49-77)83-29-16-20-68-19-6-7-24-82(68)83)76-46-37-67(38-47-76)72-45-59-101-94(62-72)90-27-10-14-34-100(90)110(101)75-22-4-3-5-23-75/h3-66H,1-2H3. The third kappa shape index (κ3) is 10.2. The normalized spacial score (nSPS) is 12.6. The van der Waals surface area contributed by atoms with E-state index >= 15 is 0 Å². The highest BCUT2D eigenvalue weighted by atomic mass is 16.3. The summed E-state index contributed by atoms with van der Waals surface area (Å²) in [6.07, 6.45) is 0. The maximum Gasteiger partial charge on any atom is 0.159 e. The topological polar surface area (TPSA) is 42.6 Å². The Kier molecular flexibility index (Phi) is 14.3. The maximum atomic E-state index is 6.86. The minimum atomic E-state index is -0.307. The summed E-state index contributed by atoms with van der Waals surface area (Å²) in [6, 6.07) is 142. The Bertz CT molecular complexity index is 7590. The monoisotopic (exact) mass is 1440 g/mol. The van der Waals surface area contributed by atoms with Gasteiger partial charge in [-0.15, -0.1) is 0 Å². The van der Waals surface area contributed by atoms with Gasteiger partial charge < -0.3 is 27.8 Å². The van der Waals surface area contributed by atoms with Crippen molar-refractivity contribution in [3.63, 3.8) is 0 Å². The summed E-state index contributed by atoms with van der Waals surface area (Å²) in [6.45, 7) is 4.77. The molecule has 0 saturated heterocycles. The Morgan fingerprint density at radius 1 is 0.230 bits per heavy atom. The molecule has 0 bridgehead atoms. The van der Waals surface area contributed by atoms with E-state index in [-0.39, 0.29) is 5.41 Å². The molecule has 18 aromatic carbocycles. The molecule has 0 N–H and O–H groups in total. The van der Waals surface area contributed by atoms with Crippen LogP contribution in [0, 0.1) is 0 Å². The summed E-state index contributed by atoms with van der Waals surface area (Å²) < 4.78 is 18.5. The van der Waals surface area contributed by atoms with Gasteiger partial charge in [0.05, 0.1) is 27.8 Å². The van der Waals surface area contributed by atoms with Gasteiger partial charge in [0.2, 0.25) is 0 Å². The number of rotatable bonds is 12. The lowest BCUT2D eigenvalue weighted by molar-refractivity contribution is 0.660. The van der Waals surface area contributed by atoms with Gasteiger partial charge >= 0.3 is 0 Å². The van der Waals surface area contributed by atoms with Gasteiger partial charge in [0.1, 0.15) is 16.7 Å². The fraction of sp³-hybridized carbons (Fsp3) is 0.0280. The Morgan fingerprint density at radius 2 is 0.690 bits per heavy atom. The average molecular weight is 1440 g/mol. The van der Waals surface area contributed by atoms with Crippen molar-refractivity contribution >= 4 is 143 Å². The number of anilines is 6. The average Bonchev–Trinajstić information content (AvgIpc) is 1.57. The van der Waals surface area contributed by atoms with Crippen molar-refractivity contribution < 1.29 is 8.83 Å². The highest BCUT2D eigenvalue weighted by molar-refractivity contribution is 6.14. The zero-order valence-corrected chi connectivity index (χ0v) is 62.1. The van der Waals surface area contributed by atoms with Gasteiger partial charge in [-0.25, -0.2) is 0 Å². The first-order valence-electron chi connectivity index (χ1n) is 38.9. The zero-order chi connectivity index (χ0) is 74.6. The second-order valence-corrected chi connectivity index (χ2v) is 30.7. The summed E-state index contributed by atoms with van der Waals surface area (Å²) >= 11 is 0. The van der Waals surface area contributed by atoms with E-state index in [1.54, 1.807) is 0 Å². The van der Waals surface area contributed by atoms with E-state index in [1.807, 2.05) is 0 Å². The van der Waals surface area contributed by atoms with E-state index < -0.39 is 0 Å². The van der Waals surface area contributed by atoms with Crippen molar-refractivity contribution in [1.29, 1.82) is 0 Å². The minimum Gasteiger partial charge on any atom is -0.456 e. The van der Waals surface area contributed by atoms with Crippen LogP contribution in [0.5, 0.6) is 0 Å². The van der Waals surface area contributed by atoms with E-state index in [0.717, 1.165) is 117 Å². The third-order valence-corrected chi connectivity index (χ3v) is 24.1. The molecule has 0 unspecified atom stereocenters. The predicted molar refractivity (Wildman–Crippen MR) is 473 cm³/mol. The lowest BCUT2D eigenvalue weighted by Crippen LogP contribution is -2.17. The van der Waals surface area contributed by atoms with E-state index in [1.165, 1.54) is 104 Å². The first-order valence-corrected chi connectivity index (χ1v) is 38.9. The second-order valence-electron chi connectivity index (χ2n) is 30.7. The van der Waals surface area contributed by atoms with Crippen molar-refractivity contribution in [1.82, 2.24) is 9.13 Å². The molecule has 0 atom stereocenters. The van der Waals surface area contributed by atoms with Crippen LogP contribution in [-0.4, -0.2) is 9.13 Å². The molecular weight excluding hydrogens is 1370 g/mol. The van der Waals surface area contributed by atoms with Crippen LogP contribution in [0.25, 0.3) is 176 Å². The van der Waals surface area contributed by atoms with E-state index in [2.05, 4.69) is 421 Å². The van der Waals surface area contributed by atoms with Crippen LogP contribution >= 0.6 is 0 Å². The van der Waals surface area contributed by atoms with Crippen LogP contribution in [0.2, 0.25) is 0 Å². The highest BCUT2D eigenvalue weighted by Crippen LogP contribution is 2.53. The largest absolute Gasteiger partial charge is 0.456 e. The number of fused-ring (bicyclic) bond motifs is 17. The first-order chi connectivity index (χ1) is 55.8. The summed E-state index contributed by atoms with van der Waals surface area (Å²) in [5.74, 6) is 0. The molecule has 0 aliphatic heterocycles. The number of benzene rings is 18. The SMILES string of the molecule is CC1(C)c2cc(N(c3ccc(-c4cccc5cc(-c6ccc7c(c6)oc6ccc(N(c8ccc(-c9ccc%10c(c9)c9ccccc9n%10-c9ccccc9)cc8)c8ccc(-c9cccc%10ccccc9%10)cc8)cc67)ccc45)cc3)c3cccc4c3oc3ccccc34)ccc2-c2ccc(-n3c4ccccc4c4ccccc43)cc21. The number of hydrogen-bond donors (Lipinski definition) is 0. The third-order valence-electron chi connectivity index (χ3n) is 24.1. The molecule has 1 aliphatic carbocycles. The molecule has 0 amide bonds.